The van der Waals surface area contributed by atoms with Crippen LogP contribution in [-0.2, 0) is 14.3 Å². The Morgan fingerprint density at radius 2 is 1.95 bits per heavy atom. The lowest BCUT2D eigenvalue weighted by Gasteiger charge is -2.39. The third-order valence-electron chi connectivity index (χ3n) is 6.59. The van der Waals surface area contributed by atoms with Gasteiger partial charge in [0, 0.05) is 0 Å². The van der Waals surface area contributed by atoms with Gasteiger partial charge in [0.15, 0.2) is 6.54 Å². The number of hydrogen-bond acceptors (Lipinski definition) is 3. The van der Waals surface area contributed by atoms with Gasteiger partial charge in [-0.25, -0.2) is 4.79 Å². The van der Waals surface area contributed by atoms with Crippen LogP contribution in [0, 0.1) is 16.7 Å². The fourth-order valence-corrected chi connectivity index (χ4v) is 4.46. The molecule has 0 heterocycles. The number of quaternary nitrogens is 1. The fraction of sp³-hybridized carbons (Fsp3) is 0.944. The molecule has 0 amide bonds. The van der Waals surface area contributed by atoms with E-state index in [1.54, 1.807) is 0 Å². The number of likely N-dealkylation sites (N-methyl/N-ethyl adjacent to an activating group) is 1. The topological polar surface area (TPSA) is 35.5 Å². The molecule has 2 aliphatic rings. The van der Waals surface area contributed by atoms with Gasteiger partial charge in [0.1, 0.15) is 6.54 Å². The van der Waals surface area contributed by atoms with Gasteiger partial charge < -0.3 is 14.0 Å². The summed E-state index contributed by atoms with van der Waals surface area (Å²) in [6, 6.07) is 0. The Kier molecular flexibility index (Phi) is 4.94. The number of ether oxygens (including phenoxy) is 2. The van der Waals surface area contributed by atoms with Crippen molar-refractivity contribution in [3.8, 4) is 0 Å². The van der Waals surface area contributed by atoms with Crippen LogP contribution in [0.1, 0.15) is 47.0 Å². The minimum absolute atomic E-state index is 0.125. The number of hydrogen-bond donors (Lipinski definition) is 0. The van der Waals surface area contributed by atoms with Crippen LogP contribution in [0.2, 0.25) is 0 Å². The number of carbonyl (C=O) groups excluding carboxylic acids is 1. The molecule has 0 aromatic rings. The van der Waals surface area contributed by atoms with Gasteiger partial charge in [0.2, 0.25) is 0 Å². The highest BCUT2D eigenvalue weighted by Gasteiger charge is 2.61. The van der Waals surface area contributed by atoms with Gasteiger partial charge in [-0.05, 0) is 42.9 Å². The van der Waals surface area contributed by atoms with Crippen LogP contribution in [0.25, 0.3) is 0 Å². The van der Waals surface area contributed by atoms with Gasteiger partial charge in [-0.15, -0.1) is 0 Å². The van der Waals surface area contributed by atoms with Crippen LogP contribution in [0.3, 0.4) is 0 Å². The third kappa shape index (κ3) is 3.18. The molecule has 2 fully saturated rings. The third-order valence-corrected chi connectivity index (χ3v) is 6.59. The Hall–Kier alpha value is -0.610. The monoisotopic (exact) mass is 312 g/mol. The van der Waals surface area contributed by atoms with Crippen LogP contribution in [0.4, 0.5) is 0 Å². The van der Waals surface area contributed by atoms with E-state index in [9.17, 15) is 4.79 Å². The molecule has 0 aromatic heterocycles. The molecule has 0 radical (unpaired) electrons. The summed E-state index contributed by atoms with van der Waals surface area (Å²) in [5, 5.41) is 0. The fourth-order valence-electron chi connectivity index (χ4n) is 4.46. The summed E-state index contributed by atoms with van der Waals surface area (Å²) < 4.78 is 12.0. The Bertz CT molecular complexity index is 419. The second-order valence-electron chi connectivity index (χ2n) is 8.59. The zero-order chi connectivity index (χ0) is 16.6. The van der Waals surface area contributed by atoms with Crippen molar-refractivity contribution in [3.05, 3.63) is 0 Å². The molecule has 128 valence electrons. The summed E-state index contributed by atoms with van der Waals surface area (Å²) in [4.78, 5) is 11.6. The first kappa shape index (κ1) is 17.7. The van der Waals surface area contributed by atoms with Crippen LogP contribution in [0.5, 0.6) is 0 Å². The van der Waals surface area contributed by atoms with Gasteiger partial charge >= 0.3 is 5.97 Å². The van der Waals surface area contributed by atoms with Crippen molar-refractivity contribution in [2.75, 3.05) is 40.4 Å². The number of nitrogens with zero attached hydrogens (tertiary/aromatic N) is 1. The summed E-state index contributed by atoms with van der Waals surface area (Å²) in [7, 11) is 4.12. The van der Waals surface area contributed by atoms with E-state index in [1.165, 1.54) is 19.3 Å². The molecule has 4 nitrogen and oxygen atoms in total. The Balaban J connectivity index is 1.81. The first-order valence-electron chi connectivity index (χ1n) is 8.71. The Labute approximate surface area is 135 Å². The van der Waals surface area contributed by atoms with Crippen LogP contribution in [-0.4, -0.2) is 57.0 Å². The highest BCUT2D eigenvalue weighted by atomic mass is 16.5. The van der Waals surface area contributed by atoms with Gasteiger partial charge in [0.05, 0.1) is 33.4 Å². The molecule has 2 saturated carbocycles. The SMILES string of the molecule is CCOC(=O)C[N+](C)(C)CCO[C@H]1C[C@H]2CC[C@]1(C)C2(C)C. The zero-order valence-electron chi connectivity index (χ0n) is 15.3. The maximum Gasteiger partial charge on any atom is 0.361 e. The first-order chi connectivity index (χ1) is 10.1. The van der Waals surface area contributed by atoms with Crippen molar-refractivity contribution in [3.63, 3.8) is 0 Å². The molecule has 2 rings (SSSR count). The molecule has 0 aromatic carbocycles. The largest absolute Gasteiger partial charge is 0.462 e. The summed E-state index contributed by atoms with van der Waals surface area (Å²) in [6.07, 6.45) is 4.22. The summed E-state index contributed by atoms with van der Waals surface area (Å²) in [5.74, 6) is 0.685. The summed E-state index contributed by atoms with van der Waals surface area (Å²) in [5.41, 5.74) is 0.711. The van der Waals surface area contributed by atoms with Crippen molar-refractivity contribution in [1.29, 1.82) is 0 Å². The standard InChI is InChI=1S/C18H34NO3/c1-7-21-16(20)13-19(5,6)10-11-22-15-12-14-8-9-18(15,4)17(14,2)3/h14-15H,7-13H2,1-6H3/q+1/t14-,15+,18+/m1/s1. The smallest absolute Gasteiger partial charge is 0.361 e. The minimum atomic E-state index is -0.125. The predicted octanol–water partition coefficient (Wildman–Crippen LogP) is 2.86. The highest BCUT2D eigenvalue weighted by molar-refractivity contribution is 5.70. The lowest BCUT2D eigenvalue weighted by Crippen LogP contribution is -2.47. The quantitative estimate of drug-likeness (QED) is 0.536. The summed E-state index contributed by atoms with van der Waals surface area (Å²) >= 11 is 0. The average molecular weight is 312 g/mol. The van der Waals surface area contributed by atoms with E-state index in [0.717, 1.165) is 19.1 Å². The maximum atomic E-state index is 11.6. The van der Waals surface area contributed by atoms with E-state index >= 15 is 0 Å². The lowest BCUT2D eigenvalue weighted by molar-refractivity contribution is -0.883. The molecule has 0 saturated heterocycles. The van der Waals surface area contributed by atoms with Gasteiger partial charge in [-0.2, -0.15) is 0 Å². The average Bonchev–Trinajstić information content (AvgIpc) is 2.71. The zero-order valence-corrected chi connectivity index (χ0v) is 15.3. The van der Waals surface area contributed by atoms with Crippen molar-refractivity contribution >= 4 is 5.97 Å². The minimum Gasteiger partial charge on any atom is -0.462 e. The molecular formula is C18H34NO3+. The van der Waals surface area contributed by atoms with Crippen molar-refractivity contribution in [1.82, 2.24) is 0 Å². The van der Waals surface area contributed by atoms with Crippen LogP contribution >= 0.6 is 0 Å². The molecule has 3 atom stereocenters. The molecule has 2 aliphatic carbocycles. The highest BCUT2D eigenvalue weighted by Crippen LogP contribution is 2.66. The van der Waals surface area contributed by atoms with E-state index in [1.807, 2.05) is 6.92 Å². The molecule has 2 bridgehead atoms. The van der Waals surface area contributed by atoms with Crippen molar-refractivity contribution in [2.24, 2.45) is 16.7 Å². The maximum absolute atomic E-state index is 11.6. The normalized spacial score (nSPS) is 33.2. The Morgan fingerprint density at radius 1 is 1.27 bits per heavy atom. The number of rotatable bonds is 7. The lowest BCUT2D eigenvalue weighted by atomic mass is 9.70. The van der Waals surface area contributed by atoms with Gasteiger partial charge in [-0.3, -0.25) is 0 Å². The predicted molar refractivity (Wildman–Crippen MR) is 87.4 cm³/mol. The number of carbonyl (C=O) groups is 1. The molecule has 4 heteroatoms. The second kappa shape index (κ2) is 6.12. The van der Waals surface area contributed by atoms with Gasteiger partial charge in [-0.1, -0.05) is 20.8 Å². The molecule has 0 spiro atoms. The van der Waals surface area contributed by atoms with E-state index in [2.05, 4.69) is 34.9 Å². The molecule has 0 aliphatic heterocycles. The van der Waals surface area contributed by atoms with E-state index in [-0.39, 0.29) is 5.97 Å². The van der Waals surface area contributed by atoms with E-state index in [0.29, 0.717) is 34.6 Å². The first-order valence-corrected chi connectivity index (χ1v) is 8.71. The van der Waals surface area contributed by atoms with E-state index in [4.69, 9.17) is 9.47 Å². The molecular weight excluding hydrogens is 278 g/mol. The molecule has 0 N–H and O–H groups in total. The number of fused-ring (bicyclic) bond motifs is 2. The molecule has 22 heavy (non-hydrogen) atoms. The molecule has 0 unspecified atom stereocenters. The van der Waals surface area contributed by atoms with Gasteiger partial charge in [0.25, 0.3) is 0 Å². The summed E-state index contributed by atoms with van der Waals surface area (Å²) in [6.45, 7) is 11.5. The van der Waals surface area contributed by atoms with Crippen LogP contribution in [0.15, 0.2) is 0 Å². The Morgan fingerprint density at radius 3 is 2.45 bits per heavy atom. The van der Waals surface area contributed by atoms with Crippen molar-refractivity contribution < 1.29 is 18.8 Å². The van der Waals surface area contributed by atoms with Crippen molar-refractivity contribution in [2.45, 2.75) is 53.1 Å². The van der Waals surface area contributed by atoms with E-state index < -0.39 is 0 Å². The van der Waals surface area contributed by atoms with Crippen LogP contribution < -0.4 is 0 Å². The number of esters is 1. The second-order valence-corrected chi connectivity index (χ2v) is 8.59.